The van der Waals surface area contributed by atoms with Gasteiger partial charge in [-0.3, -0.25) is 4.79 Å². The van der Waals surface area contributed by atoms with Crippen molar-refractivity contribution >= 4 is 32.9 Å². The fourth-order valence-electron chi connectivity index (χ4n) is 3.31. The number of hydrogen-bond donors (Lipinski definition) is 3. The van der Waals surface area contributed by atoms with Crippen LogP contribution in [0.2, 0.25) is 0 Å². The van der Waals surface area contributed by atoms with Crippen LogP contribution in [-0.2, 0) is 27.8 Å². The molecule has 32 heavy (non-hydrogen) atoms. The van der Waals surface area contributed by atoms with Crippen molar-refractivity contribution in [1.29, 1.82) is 0 Å². The number of fused-ring (bicyclic) bond motifs is 1. The Balaban J connectivity index is 1.27. The Kier molecular flexibility index (Phi) is 6.53. The average Bonchev–Trinajstić information content (AvgIpc) is 3.47. The number of furan rings is 1. The standard InChI is InChI=1S/C24H23N3O4S/c28-24(25-14-13-19-16-26-23-6-2-1-5-22(19)23)12-9-18-7-10-21(11-8-18)32(29,30)27-17-20-4-3-15-31-20/h1-12,15-16,26-27H,13-14,17H2,(H,25,28)/b12-9+. The molecular weight excluding hydrogens is 426 g/mol. The summed E-state index contributed by atoms with van der Waals surface area (Å²) in [6.45, 7) is 0.596. The van der Waals surface area contributed by atoms with Crippen molar-refractivity contribution in [3.63, 3.8) is 0 Å². The minimum atomic E-state index is -3.65. The number of amides is 1. The number of H-pyrrole nitrogens is 1. The number of nitrogens with one attached hydrogen (secondary N) is 3. The van der Waals surface area contributed by atoms with Crippen LogP contribution < -0.4 is 10.0 Å². The molecule has 0 aliphatic carbocycles. The van der Waals surface area contributed by atoms with Gasteiger partial charge < -0.3 is 14.7 Å². The third kappa shape index (κ3) is 5.35. The maximum Gasteiger partial charge on any atom is 0.244 e. The quantitative estimate of drug-likeness (QED) is 0.340. The highest BCUT2D eigenvalue weighted by Gasteiger charge is 2.14. The van der Waals surface area contributed by atoms with E-state index in [2.05, 4.69) is 21.1 Å². The highest BCUT2D eigenvalue weighted by atomic mass is 32.2. The summed E-state index contributed by atoms with van der Waals surface area (Å²) in [7, 11) is -3.65. The first-order valence-electron chi connectivity index (χ1n) is 10.1. The van der Waals surface area contributed by atoms with Crippen LogP contribution in [0.5, 0.6) is 0 Å². The Morgan fingerprint density at radius 1 is 1.03 bits per heavy atom. The molecule has 4 aromatic rings. The topological polar surface area (TPSA) is 104 Å². The second-order valence-electron chi connectivity index (χ2n) is 7.21. The second kappa shape index (κ2) is 9.67. The van der Waals surface area contributed by atoms with E-state index in [0.717, 1.165) is 28.5 Å². The molecule has 0 aliphatic rings. The number of benzene rings is 2. The first-order valence-corrected chi connectivity index (χ1v) is 11.6. The van der Waals surface area contributed by atoms with E-state index in [0.29, 0.717) is 12.3 Å². The number of aromatic amines is 1. The summed E-state index contributed by atoms with van der Waals surface area (Å²) in [6.07, 6.45) is 7.26. The van der Waals surface area contributed by atoms with Crippen molar-refractivity contribution in [2.45, 2.75) is 17.9 Å². The molecule has 0 unspecified atom stereocenters. The van der Waals surface area contributed by atoms with Gasteiger partial charge in [0.25, 0.3) is 0 Å². The first-order chi connectivity index (χ1) is 15.5. The minimum absolute atomic E-state index is 0.0791. The molecule has 0 atom stereocenters. The molecule has 0 fully saturated rings. The summed E-state index contributed by atoms with van der Waals surface area (Å²) in [4.78, 5) is 15.5. The summed E-state index contributed by atoms with van der Waals surface area (Å²) in [5.41, 5.74) is 2.96. The third-order valence-electron chi connectivity index (χ3n) is 5.00. The molecule has 1 amide bonds. The molecule has 2 aromatic carbocycles. The van der Waals surface area contributed by atoms with Gasteiger partial charge in [-0.15, -0.1) is 0 Å². The van der Waals surface area contributed by atoms with Gasteiger partial charge in [0.1, 0.15) is 5.76 Å². The Morgan fingerprint density at radius 2 is 1.84 bits per heavy atom. The van der Waals surface area contributed by atoms with Crippen molar-refractivity contribution < 1.29 is 17.6 Å². The fraction of sp³-hybridized carbons (Fsp3) is 0.125. The summed E-state index contributed by atoms with van der Waals surface area (Å²) in [5, 5.41) is 4.03. The Labute approximate surface area is 186 Å². The van der Waals surface area contributed by atoms with Crippen molar-refractivity contribution in [2.24, 2.45) is 0 Å². The molecule has 7 nitrogen and oxygen atoms in total. The summed E-state index contributed by atoms with van der Waals surface area (Å²) < 4.78 is 32.3. The number of carbonyl (C=O) groups is 1. The van der Waals surface area contributed by atoms with Crippen LogP contribution in [0.25, 0.3) is 17.0 Å². The van der Waals surface area contributed by atoms with E-state index in [1.165, 1.54) is 24.5 Å². The molecule has 0 spiro atoms. The van der Waals surface area contributed by atoms with E-state index in [4.69, 9.17) is 4.42 Å². The smallest absolute Gasteiger partial charge is 0.244 e. The molecule has 2 heterocycles. The van der Waals surface area contributed by atoms with E-state index >= 15 is 0 Å². The fourth-order valence-corrected chi connectivity index (χ4v) is 4.30. The van der Waals surface area contributed by atoms with E-state index in [-0.39, 0.29) is 17.3 Å². The van der Waals surface area contributed by atoms with Crippen LogP contribution in [0.4, 0.5) is 0 Å². The predicted molar refractivity (Wildman–Crippen MR) is 123 cm³/mol. The van der Waals surface area contributed by atoms with Gasteiger partial charge in [-0.25, -0.2) is 13.1 Å². The van der Waals surface area contributed by atoms with Crippen molar-refractivity contribution in [1.82, 2.24) is 15.0 Å². The number of sulfonamides is 1. The van der Waals surface area contributed by atoms with E-state index in [1.54, 1.807) is 30.3 Å². The first kappa shape index (κ1) is 21.6. The predicted octanol–water partition coefficient (Wildman–Crippen LogP) is 3.61. The molecule has 0 saturated carbocycles. The van der Waals surface area contributed by atoms with Crippen LogP contribution in [0.15, 0.2) is 88.5 Å². The zero-order chi connectivity index (χ0) is 22.4. The molecular formula is C24H23N3O4S. The SMILES string of the molecule is O=C(/C=C/c1ccc(S(=O)(=O)NCc2ccco2)cc1)NCCc1c[nH]c2ccccc12. The summed E-state index contributed by atoms with van der Waals surface area (Å²) >= 11 is 0. The number of aromatic nitrogens is 1. The Bertz CT molecular complexity index is 1320. The molecule has 0 aliphatic heterocycles. The van der Waals surface area contributed by atoms with Gasteiger partial charge in [-0.2, -0.15) is 0 Å². The zero-order valence-electron chi connectivity index (χ0n) is 17.2. The number of para-hydroxylation sites is 1. The van der Waals surface area contributed by atoms with Crippen LogP contribution >= 0.6 is 0 Å². The number of rotatable bonds is 9. The molecule has 164 valence electrons. The van der Waals surface area contributed by atoms with Crippen molar-refractivity contribution in [3.8, 4) is 0 Å². The van der Waals surface area contributed by atoms with Crippen LogP contribution in [0.3, 0.4) is 0 Å². The summed E-state index contributed by atoms with van der Waals surface area (Å²) in [5.74, 6) is 0.325. The molecule has 0 radical (unpaired) electrons. The van der Waals surface area contributed by atoms with E-state index in [9.17, 15) is 13.2 Å². The Morgan fingerprint density at radius 3 is 2.62 bits per heavy atom. The molecule has 0 bridgehead atoms. The van der Waals surface area contributed by atoms with Crippen molar-refractivity contribution in [3.05, 3.63) is 96.1 Å². The zero-order valence-corrected chi connectivity index (χ0v) is 18.1. The lowest BCUT2D eigenvalue weighted by molar-refractivity contribution is -0.116. The van der Waals surface area contributed by atoms with Crippen molar-refractivity contribution in [2.75, 3.05) is 6.54 Å². The lowest BCUT2D eigenvalue weighted by Gasteiger charge is -2.06. The number of carbonyl (C=O) groups excluding carboxylic acids is 1. The van der Waals surface area contributed by atoms with Gasteiger partial charge in [0.2, 0.25) is 15.9 Å². The third-order valence-corrected chi connectivity index (χ3v) is 6.42. The summed E-state index contributed by atoms with van der Waals surface area (Å²) in [6, 6.07) is 17.7. The van der Waals surface area contributed by atoms with Gasteiger partial charge in [0, 0.05) is 29.7 Å². The largest absolute Gasteiger partial charge is 0.468 e. The Hall–Kier alpha value is -3.62. The lowest BCUT2D eigenvalue weighted by atomic mass is 10.1. The van der Waals surface area contributed by atoms with Gasteiger partial charge in [-0.1, -0.05) is 30.3 Å². The second-order valence-corrected chi connectivity index (χ2v) is 8.97. The molecule has 8 heteroatoms. The van der Waals surface area contributed by atoms with Gasteiger partial charge in [-0.05, 0) is 54.0 Å². The van der Waals surface area contributed by atoms with Crippen LogP contribution in [0.1, 0.15) is 16.9 Å². The van der Waals surface area contributed by atoms with Gasteiger partial charge in [0.05, 0.1) is 17.7 Å². The molecule has 0 saturated heterocycles. The minimum Gasteiger partial charge on any atom is -0.468 e. The van der Waals surface area contributed by atoms with Gasteiger partial charge in [0.15, 0.2) is 0 Å². The average molecular weight is 450 g/mol. The van der Waals surface area contributed by atoms with E-state index < -0.39 is 10.0 Å². The van der Waals surface area contributed by atoms with Crippen LogP contribution in [-0.4, -0.2) is 25.9 Å². The molecule has 2 aromatic heterocycles. The van der Waals surface area contributed by atoms with E-state index in [1.807, 2.05) is 24.4 Å². The number of hydrogen-bond acceptors (Lipinski definition) is 4. The van der Waals surface area contributed by atoms with Gasteiger partial charge >= 0.3 is 0 Å². The normalized spacial score (nSPS) is 11.9. The highest BCUT2D eigenvalue weighted by Crippen LogP contribution is 2.17. The molecule has 3 N–H and O–H groups in total. The van der Waals surface area contributed by atoms with Crippen LogP contribution in [0, 0.1) is 0 Å². The lowest BCUT2D eigenvalue weighted by Crippen LogP contribution is -2.23. The monoisotopic (exact) mass is 449 g/mol. The molecule has 4 rings (SSSR count). The maximum absolute atomic E-state index is 12.4. The highest BCUT2D eigenvalue weighted by molar-refractivity contribution is 7.89. The maximum atomic E-state index is 12.4.